The van der Waals surface area contributed by atoms with Gasteiger partial charge in [-0.25, -0.2) is 0 Å². The Bertz CT molecular complexity index is 244. The Morgan fingerprint density at radius 2 is 2.00 bits per heavy atom. The summed E-state index contributed by atoms with van der Waals surface area (Å²) in [6.07, 6.45) is 5.16. The molecule has 0 aliphatic heterocycles. The Hall–Kier alpha value is -0.750. The maximum absolute atomic E-state index is 4.18. The van der Waals surface area contributed by atoms with Crippen LogP contribution in [0.2, 0.25) is 0 Å². The van der Waals surface area contributed by atoms with Crippen molar-refractivity contribution >= 4 is 20.9 Å². The minimum absolute atomic E-state index is 0.0289. The second-order valence-corrected chi connectivity index (χ2v) is 3.86. The van der Waals surface area contributed by atoms with Gasteiger partial charge < -0.3 is 0 Å². The summed E-state index contributed by atoms with van der Waals surface area (Å²) >= 11 is 0. The predicted octanol–water partition coefficient (Wildman–Crippen LogP) is 3.03. The van der Waals surface area contributed by atoms with Gasteiger partial charge in [-0.3, -0.25) is 9.98 Å². The molecule has 0 aromatic carbocycles. The number of aliphatic imine (C=N–C) groups is 2. The molecule has 0 bridgehead atoms. The minimum Gasteiger partial charge on any atom is -0.265 e. The van der Waals surface area contributed by atoms with Crippen molar-refractivity contribution in [1.29, 1.82) is 0 Å². The highest BCUT2D eigenvalue weighted by Gasteiger charge is 2.15. The lowest BCUT2D eigenvalue weighted by molar-refractivity contribution is 0.594. The second-order valence-electron chi connectivity index (χ2n) is 3.56. The van der Waals surface area contributed by atoms with Gasteiger partial charge >= 0.3 is 0 Å². The molecule has 0 amide bonds. The van der Waals surface area contributed by atoms with Gasteiger partial charge in [-0.15, -0.1) is 0 Å². The van der Waals surface area contributed by atoms with E-state index in [4.69, 9.17) is 0 Å². The van der Waals surface area contributed by atoms with E-state index in [1.165, 1.54) is 0 Å². The molecule has 0 aliphatic rings. The summed E-state index contributed by atoms with van der Waals surface area (Å²) in [6.45, 7) is 9.88. The van der Waals surface area contributed by atoms with E-state index in [2.05, 4.69) is 46.6 Å². The van der Waals surface area contributed by atoms with Crippen molar-refractivity contribution in [2.24, 2.45) is 15.4 Å². The largest absolute Gasteiger partial charge is 0.265 e. The fourth-order valence-corrected chi connectivity index (χ4v) is 0.848. The van der Waals surface area contributed by atoms with Crippen LogP contribution in [0.3, 0.4) is 0 Å². The Kier molecular flexibility index (Phi) is 5.48. The average Bonchev–Trinajstić information content (AvgIpc) is 2.01. The molecular weight excluding hydrogens is 179 g/mol. The second kappa shape index (κ2) is 5.82. The molecule has 0 aromatic rings. The SMILES string of the molecule is C=CN=C(/C=C\N=CP)C(C)(C)C. The van der Waals surface area contributed by atoms with E-state index in [1.807, 2.05) is 6.08 Å². The molecule has 13 heavy (non-hydrogen) atoms. The molecule has 2 nitrogen and oxygen atoms in total. The quantitative estimate of drug-likeness (QED) is 0.489. The van der Waals surface area contributed by atoms with Gasteiger partial charge in [0.05, 0.1) is 0 Å². The first kappa shape index (κ1) is 12.2. The van der Waals surface area contributed by atoms with Crippen molar-refractivity contribution < 1.29 is 0 Å². The van der Waals surface area contributed by atoms with Gasteiger partial charge in [0.2, 0.25) is 0 Å². The average molecular weight is 196 g/mol. The maximum atomic E-state index is 4.18. The van der Waals surface area contributed by atoms with Gasteiger partial charge in [0.15, 0.2) is 0 Å². The molecule has 3 heteroatoms. The van der Waals surface area contributed by atoms with Gasteiger partial charge in [0.1, 0.15) is 0 Å². The summed E-state index contributed by atoms with van der Waals surface area (Å²) in [5.41, 5.74) is 0.999. The standard InChI is InChI=1S/C10H17N2P/c1-5-12-9(10(2,3)4)6-7-11-8-13/h5-8H,1,13H2,2-4H3/b7-6-,11-8?,12-9?. The molecule has 0 rings (SSSR count). The van der Waals surface area contributed by atoms with Crippen molar-refractivity contribution in [3.8, 4) is 0 Å². The molecule has 72 valence electrons. The zero-order valence-electron chi connectivity index (χ0n) is 8.49. The van der Waals surface area contributed by atoms with E-state index in [1.54, 1.807) is 18.4 Å². The van der Waals surface area contributed by atoms with E-state index in [0.29, 0.717) is 0 Å². The van der Waals surface area contributed by atoms with E-state index >= 15 is 0 Å². The van der Waals surface area contributed by atoms with Gasteiger partial charge in [0.25, 0.3) is 0 Å². The molecule has 0 saturated heterocycles. The van der Waals surface area contributed by atoms with Gasteiger partial charge in [0, 0.05) is 29.5 Å². The van der Waals surface area contributed by atoms with Crippen LogP contribution in [0, 0.1) is 5.41 Å². The van der Waals surface area contributed by atoms with Crippen LogP contribution in [-0.4, -0.2) is 11.7 Å². The molecule has 0 N–H and O–H groups in total. The fraction of sp³-hybridized carbons (Fsp3) is 0.400. The van der Waals surface area contributed by atoms with Crippen LogP contribution in [0.15, 0.2) is 35.0 Å². The van der Waals surface area contributed by atoms with E-state index in [-0.39, 0.29) is 5.41 Å². The zero-order chi connectivity index (χ0) is 10.3. The Morgan fingerprint density at radius 1 is 1.38 bits per heavy atom. The third-order valence-electron chi connectivity index (χ3n) is 1.40. The summed E-state index contributed by atoms with van der Waals surface area (Å²) in [4.78, 5) is 8.13. The molecule has 0 heterocycles. The van der Waals surface area contributed by atoms with Gasteiger partial charge in [-0.1, -0.05) is 36.6 Å². The van der Waals surface area contributed by atoms with Crippen molar-refractivity contribution in [2.45, 2.75) is 20.8 Å². The smallest absolute Gasteiger partial charge is 0.0472 e. The van der Waals surface area contributed by atoms with E-state index < -0.39 is 0 Å². The fourth-order valence-electron chi connectivity index (χ4n) is 0.748. The zero-order valence-corrected chi connectivity index (χ0v) is 9.64. The number of nitrogens with zero attached hydrogens (tertiary/aromatic N) is 2. The molecule has 0 spiro atoms. The number of allylic oxidation sites excluding steroid dienone is 1. The van der Waals surface area contributed by atoms with Crippen LogP contribution in [0.1, 0.15) is 20.8 Å². The van der Waals surface area contributed by atoms with Crippen LogP contribution >= 0.6 is 9.24 Å². The summed E-state index contributed by atoms with van der Waals surface area (Å²) in [6, 6.07) is 0. The van der Waals surface area contributed by atoms with Crippen molar-refractivity contribution in [3.63, 3.8) is 0 Å². The Labute approximate surface area is 82.8 Å². The summed E-state index contributed by atoms with van der Waals surface area (Å²) in [5.74, 6) is 1.66. The lowest BCUT2D eigenvalue weighted by Gasteiger charge is -2.17. The van der Waals surface area contributed by atoms with Crippen molar-refractivity contribution in [3.05, 3.63) is 25.1 Å². The molecule has 0 saturated carbocycles. The van der Waals surface area contributed by atoms with Gasteiger partial charge in [-0.05, 0) is 6.08 Å². The predicted molar refractivity (Wildman–Crippen MR) is 64.4 cm³/mol. The highest BCUT2D eigenvalue weighted by atomic mass is 31.0. The first-order chi connectivity index (χ1) is 6.02. The number of rotatable bonds is 3. The summed E-state index contributed by atoms with van der Waals surface area (Å²) in [5, 5.41) is 0. The number of hydrogen-bond donors (Lipinski definition) is 0. The van der Waals surface area contributed by atoms with Crippen molar-refractivity contribution in [1.82, 2.24) is 0 Å². The minimum atomic E-state index is 0.0289. The van der Waals surface area contributed by atoms with E-state index in [0.717, 1.165) is 5.71 Å². The third kappa shape index (κ3) is 5.48. The van der Waals surface area contributed by atoms with Crippen LogP contribution < -0.4 is 0 Å². The summed E-state index contributed by atoms with van der Waals surface area (Å²) < 4.78 is 0. The van der Waals surface area contributed by atoms with Crippen LogP contribution in [0.25, 0.3) is 0 Å². The first-order valence-corrected chi connectivity index (χ1v) is 4.78. The molecule has 1 unspecified atom stereocenters. The molecule has 0 aromatic heterocycles. The molecule has 1 atom stereocenters. The first-order valence-electron chi connectivity index (χ1n) is 4.11. The molecular formula is C10H17N2P. The molecule has 0 aliphatic carbocycles. The monoisotopic (exact) mass is 196 g/mol. The van der Waals surface area contributed by atoms with Gasteiger partial charge in [-0.2, -0.15) is 0 Å². The van der Waals surface area contributed by atoms with E-state index in [9.17, 15) is 0 Å². The van der Waals surface area contributed by atoms with Crippen LogP contribution in [0.5, 0.6) is 0 Å². The number of hydrogen-bond acceptors (Lipinski definition) is 2. The van der Waals surface area contributed by atoms with Crippen LogP contribution in [-0.2, 0) is 0 Å². The topological polar surface area (TPSA) is 24.7 Å². The summed E-state index contributed by atoms with van der Waals surface area (Å²) in [7, 11) is 2.42. The Balaban J connectivity index is 4.65. The lowest BCUT2D eigenvalue weighted by Crippen LogP contribution is -2.17. The Morgan fingerprint density at radius 3 is 2.38 bits per heavy atom. The lowest BCUT2D eigenvalue weighted by atomic mass is 9.90. The maximum Gasteiger partial charge on any atom is 0.0472 e. The van der Waals surface area contributed by atoms with Crippen LogP contribution in [0.4, 0.5) is 0 Å². The highest BCUT2D eigenvalue weighted by molar-refractivity contribution is 7.36. The highest BCUT2D eigenvalue weighted by Crippen LogP contribution is 2.17. The molecule has 0 fully saturated rings. The molecule has 0 radical (unpaired) electrons. The normalized spacial score (nSPS) is 14.3. The van der Waals surface area contributed by atoms with Crippen molar-refractivity contribution in [2.75, 3.05) is 0 Å². The third-order valence-corrected chi connectivity index (χ3v) is 1.58.